The highest BCUT2D eigenvalue weighted by molar-refractivity contribution is 5.39. The number of hydrogen-bond donors (Lipinski definition) is 1. The minimum atomic E-state index is 0.255. The molecule has 2 atom stereocenters. The third kappa shape index (κ3) is 3.16. The predicted molar refractivity (Wildman–Crippen MR) is 73.3 cm³/mol. The number of likely N-dealkylation sites (N-methyl/N-ethyl adjacent to an activating group) is 1. The first-order valence-corrected chi connectivity index (χ1v) is 6.91. The van der Waals surface area contributed by atoms with Crippen molar-refractivity contribution in [3.05, 3.63) is 24.3 Å². The Bertz CT molecular complexity index is 367. The van der Waals surface area contributed by atoms with Gasteiger partial charge in [0, 0.05) is 6.04 Å². The summed E-state index contributed by atoms with van der Waals surface area (Å²) in [6.07, 6.45) is 5.10. The molecule has 3 nitrogen and oxygen atoms in total. The molecule has 0 radical (unpaired) electrons. The fraction of sp³-hybridized carbons (Fsp3) is 0.600. The first-order valence-electron chi connectivity index (χ1n) is 6.91. The fourth-order valence-electron chi connectivity index (χ4n) is 2.55. The Hall–Kier alpha value is -1.22. The number of hydrogen-bond acceptors (Lipinski definition) is 3. The molecule has 0 spiro atoms. The van der Waals surface area contributed by atoms with E-state index in [1.54, 1.807) is 0 Å². The quantitative estimate of drug-likeness (QED) is 0.870. The Morgan fingerprint density at radius 2 is 1.89 bits per heavy atom. The molecule has 2 rings (SSSR count). The molecule has 1 aliphatic rings. The number of benzene rings is 1. The summed E-state index contributed by atoms with van der Waals surface area (Å²) in [4.78, 5) is 0. The second-order valence-electron chi connectivity index (χ2n) is 4.72. The highest BCUT2D eigenvalue weighted by Gasteiger charge is 2.26. The van der Waals surface area contributed by atoms with Gasteiger partial charge in [-0.25, -0.2) is 0 Å². The molecule has 1 aromatic carbocycles. The SMILES string of the molecule is CCOc1ccccc1OC1CCCCC1NC. The summed E-state index contributed by atoms with van der Waals surface area (Å²) in [6, 6.07) is 8.39. The van der Waals surface area contributed by atoms with Crippen molar-refractivity contribution >= 4 is 0 Å². The summed E-state index contributed by atoms with van der Waals surface area (Å²) >= 11 is 0. The molecule has 0 amide bonds. The Labute approximate surface area is 109 Å². The topological polar surface area (TPSA) is 30.5 Å². The van der Waals surface area contributed by atoms with E-state index in [0.717, 1.165) is 17.9 Å². The number of nitrogens with one attached hydrogen (secondary N) is 1. The lowest BCUT2D eigenvalue weighted by Gasteiger charge is -2.32. The normalized spacial score (nSPS) is 23.7. The van der Waals surface area contributed by atoms with Crippen molar-refractivity contribution < 1.29 is 9.47 Å². The molecule has 0 bridgehead atoms. The summed E-state index contributed by atoms with van der Waals surface area (Å²) in [7, 11) is 2.01. The van der Waals surface area contributed by atoms with Crippen LogP contribution in [0.15, 0.2) is 24.3 Å². The number of rotatable bonds is 5. The van der Waals surface area contributed by atoms with Crippen LogP contribution in [0.2, 0.25) is 0 Å². The second-order valence-corrected chi connectivity index (χ2v) is 4.72. The van der Waals surface area contributed by atoms with Crippen LogP contribution < -0.4 is 14.8 Å². The van der Waals surface area contributed by atoms with Crippen LogP contribution in [0.3, 0.4) is 0 Å². The fourth-order valence-corrected chi connectivity index (χ4v) is 2.55. The summed E-state index contributed by atoms with van der Waals surface area (Å²) < 4.78 is 11.8. The monoisotopic (exact) mass is 249 g/mol. The van der Waals surface area contributed by atoms with Gasteiger partial charge in [-0.15, -0.1) is 0 Å². The zero-order chi connectivity index (χ0) is 12.8. The minimum absolute atomic E-state index is 0.255. The van der Waals surface area contributed by atoms with Crippen molar-refractivity contribution in [2.75, 3.05) is 13.7 Å². The molecule has 0 aromatic heterocycles. The maximum absolute atomic E-state index is 6.16. The van der Waals surface area contributed by atoms with E-state index in [4.69, 9.17) is 9.47 Å². The Morgan fingerprint density at radius 3 is 2.61 bits per heavy atom. The van der Waals surface area contributed by atoms with E-state index in [2.05, 4.69) is 5.32 Å². The molecule has 2 unspecified atom stereocenters. The molecule has 1 N–H and O–H groups in total. The third-order valence-corrected chi connectivity index (χ3v) is 3.50. The molecule has 3 heteroatoms. The largest absolute Gasteiger partial charge is 0.490 e. The predicted octanol–water partition coefficient (Wildman–Crippen LogP) is 2.99. The lowest BCUT2D eigenvalue weighted by molar-refractivity contribution is 0.113. The van der Waals surface area contributed by atoms with E-state index < -0.39 is 0 Å². The van der Waals surface area contributed by atoms with Crippen LogP contribution in [-0.2, 0) is 0 Å². The standard InChI is InChI=1S/C15H23NO2/c1-3-17-14-10-6-7-11-15(14)18-13-9-5-4-8-12(13)16-2/h6-7,10-13,16H,3-5,8-9H2,1-2H3. The Kier molecular flexibility index (Phi) is 4.88. The molecule has 0 aliphatic heterocycles. The third-order valence-electron chi connectivity index (χ3n) is 3.50. The Morgan fingerprint density at radius 1 is 1.17 bits per heavy atom. The van der Waals surface area contributed by atoms with Gasteiger partial charge in [0.05, 0.1) is 6.61 Å². The van der Waals surface area contributed by atoms with Gasteiger partial charge in [-0.2, -0.15) is 0 Å². The van der Waals surface area contributed by atoms with Crippen LogP contribution in [0.5, 0.6) is 11.5 Å². The van der Waals surface area contributed by atoms with Gasteiger partial charge in [0.25, 0.3) is 0 Å². The minimum Gasteiger partial charge on any atom is -0.490 e. The van der Waals surface area contributed by atoms with E-state index in [1.165, 1.54) is 19.3 Å². The molecule has 1 fully saturated rings. The second kappa shape index (κ2) is 6.64. The van der Waals surface area contributed by atoms with Gasteiger partial charge in [-0.05, 0) is 45.4 Å². The molecule has 1 aromatic rings. The molecule has 100 valence electrons. The van der Waals surface area contributed by atoms with Crippen LogP contribution in [0, 0.1) is 0 Å². The van der Waals surface area contributed by atoms with E-state index in [9.17, 15) is 0 Å². The molecule has 0 saturated heterocycles. The van der Waals surface area contributed by atoms with Crippen molar-refractivity contribution in [2.24, 2.45) is 0 Å². The van der Waals surface area contributed by atoms with Crippen LogP contribution in [0.25, 0.3) is 0 Å². The van der Waals surface area contributed by atoms with Crippen molar-refractivity contribution in [3.8, 4) is 11.5 Å². The van der Waals surface area contributed by atoms with Gasteiger partial charge in [-0.3, -0.25) is 0 Å². The average molecular weight is 249 g/mol. The summed E-state index contributed by atoms with van der Waals surface area (Å²) in [5.74, 6) is 1.71. The maximum Gasteiger partial charge on any atom is 0.161 e. The molecule has 1 aliphatic carbocycles. The average Bonchev–Trinajstić information content (AvgIpc) is 2.42. The van der Waals surface area contributed by atoms with Gasteiger partial charge in [0.15, 0.2) is 11.5 Å². The van der Waals surface area contributed by atoms with Gasteiger partial charge >= 0.3 is 0 Å². The first kappa shape index (κ1) is 13.2. The molecule has 0 heterocycles. The first-order chi connectivity index (χ1) is 8.85. The molecular formula is C15H23NO2. The summed E-state index contributed by atoms with van der Waals surface area (Å²) in [5, 5.41) is 3.36. The van der Waals surface area contributed by atoms with Gasteiger partial charge in [0.1, 0.15) is 6.10 Å². The van der Waals surface area contributed by atoms with E-state index in [0.29, 0.717) is 12.6 Å². The van der Waals surface area contributed by atoms with E-state index in [1.807, 2.05) is 38.2 Å². The number of ether oxygens (including phenoxy) is 2. The molecular weight excluding hydrogens is 226 g/mol. The highest BCUT2D eigenvalue weighted by Crippen LogP contribution is 2.30. The van der Waals surface area contributed by atoms with Crippen molar-refractivity contribution in [1.82, 2.24) is 5.32 Å². The smallest absolute Gasteiger partial charge is 0.161 e. The number of para-hydroxylation sites is 2. The van der Waals surface area contributed by atoms with Crippen molar-refractivity contribution in [1.29, 1.82) is 0 Å². The molecule has 18 heavy (non-hydrogen) atoms. The van der Waals surface area contributed by atoms with Gasteiger partial charge < -0.3 is 14.8 Å². The van der Waals surface area contributed by atoms with E-state index in [-0.39, 0.29) is 6.10 Å². The van der Waals surface area contributed by atoms with Gasteiger partial charge in [-0.1, -0.05) is 18.6 Å². The zero-order valence-corrected chi connectivity index (χ0v) is 11.3. The van der Waals surface area contributed by atoms with Gasteiger partial charge in [0.2, 0.25) is 0 Å². The summed E-state index contributed by atoms with van der Waals surface area (Å²) in [5.41, 5.74) is 0. The lowest BCUT2D eigenvalue weighted by Crippen LogP contribution is -2.43. The Balaban J connectivity index is 2.07. The van der Waals surface area contributed by atoms with Crippen LogP contribution in [-0.4, -0.2) is 25.8 Å². The van der Waals surface area contributed by atoms with Crippen LogP contribution in [0.1, 0.15) is 32.6 Å². The van der Waals surface area contributed by atoms with Crippen molar-refractivity contribution in [3.63, 3.8) is 0 Å². The van der Waals surface area contributed by atoms with Crippen molar-refractivity contribution in [2.45, 2.75) is 44.8 Å². The highest BCUT2D eigenvalue weighted by atomic mass is 16.5. The lowest BCUT2D eigenvalue weighted by atomic mass is 9.92. The maximum atomic E-state index is 6.16. The summed E-state index contributed by atoms with van der Waals surface area (Å²) in [6.45, 7) is 2.66. The van der Waals surface area contributed by atoms with Crippen LogP contribution in [0.4, 0.5) is 0 Å². The van der Waals surface area contributed by atoms with Crippen LogP contribution >= 0.6 is 0 Å². The van der Waals surface area contributed by atoms with E-state index >= 15 is 0 Å². The zero-order valence-electron chi connectivity index (χ0n) is 11.3. The molecule has 1 saturated carbocycles.